The maximum Gasteiger partial charge on any atom is 0.123 e. The number of hydrogen-bond donors (Lipinski definition) is 2. The third-order valence-corrected chi connectivity index (χ3v) is 3.01. The number of ether oxygens (including phenoxy) is 1. The normalized spacial score (nSPS) is 10.7. The summed E-state index contributed by atoms with van der Waals surface area (Å²) in [6.07, 6.45) is 0.109. The van der Waals surface area contributed by atoms with Crippen LogP contribution >= 0.6 is 11.6 Å². The Morgan fingerprint density at radius 2 is 1.90 bits per heavy atom. The van der Waals surface area contributed by atoms with Gasteiger partial charge in [-0.1, -0.05) is 17.7 Å². The molecule has 0 heterocycles. The number of anilines is 3. The Labute approximate surface area is 124 Å². The van der Waals surface area contributed by atoms with Gasteiger partial charge in [-0.2, -0.15) is 0 Å². The Morgan fingerprint density at radius 1 is 1.15 bits per heavy atom. The lowest BCUT2D eigenvalue weighted by Gasteiger charge is -2.14. The summed E-state index contributed by atoms with van der Waals surface area (Å²) in [6, 6.07) is 11.3. The van der Waals surface area contributed by atoms with Gasteiger partial charge in [-0.05, 0) is 44.5 Å². The van der Waals surface area contributed by atoms with Gasteiger partial charge in [0.1, 0.15) is 5.75 Å². The molecule has 4 heteroatoms. The van der Waals surface area contributed by atoms with Crippen LogP contribution in [-0.4, -0.2) is 6.10 Å². The van der Waals surface area contributed by atoms with E-state index in [1.54, 1.807) is 0 Å². The standard InChI is InChI=1S/C16H19ClN2O/c1-10(2)20-15-8-13(18)7-14(9-15)19-16-6-12(17)5-4-11(16)3/h4-10,19H,18H2,1-3H3. The molecule has 0 amide bonds. The first-order valence-corrected chi connectivity index (χ1v) is 6.92. The maximum atomic E-state index is 6.03. The van der Waals surface area contributed by atoms with Crippen molar-refractivity contribution >= 4 is 28.7 Å². The first-order valence-electron chi connectivity index (χ1n) is 6.54. The second kappa shape index (κ2) is 6.06. The number of aryl methyl sites for hydroxylation is 1. The van der Waals surface area contributed by atoms with Gasteiger partial charge in [0.15, 0.2) is 0 Å². The van der Waals surface area contributed by atoms with Crippen LogP contribution < -0.4 is 15.8 Å². The van der Waals surface area contributed by atoms with Gasteiger partial charge in [-0.15, -0.1) is 0 Å². The average molecular weight is 291 g/mol. The van der Waals surface area contributed by atoms with Crippen LogP contribution in [0.25, 0.3) is 0 Å². The van der Waals surface area contributed by atoms with E-state index in [4.69, 9.17) is 22.1 Å². The highest BCUT2D eigenvalue weighted by atomic mass is 35.5. The monoisotopic (exact) mass is 290 g/mol. The summed E-state index contributed by atoms with van der Waals surface area (Å²) >= 11 is 6.03. The summed E-state index contributed by atoms with van der Waals surface area (Å²) in [5.74, 6) is 0.752. The molecule has 3 N–H and O–H groups in total. The largest absolute Gasteiger partial charge is 0.491 e. The Kier molecular flexibility index (Phi) is 4.40. The van der Waals surface area contributed by atoms with Gasteiger partial charge >= 0.3 is 0 Å². The minimum absolute atomic E-state index is 0.109. The smallest absolute Gasteiger partial charge is 0.123 e. The summed E-state index contributed by atoms with van der Waals surface area (Å²) in [4.78, 5) is 0. The molecule has 0 spiro atoms. The first-order chi connectivity index (χ1) is 9.44. The minimum Gasteiger partial charge on any atom is -0.491 e. The number of benzene rings is 2. The topological polar surface area (TPSA) is 47.3 Å². The Morgan fingerprint density at radius 3 is 2.60 bits per heavy atom. The van der Waals surface area contributed by atoms with Gasteiger partial charge < -0.3 is 15.8 Å². The molecule has 0 saturated carbocycles. The fourth-order valence-electron chi connectivity index (χ4n) is 1.92. The molecule has 0 atom stereocenters. The van der Waals surface area contributed by atoms with Crippen LogP contribution in [0.2, 0.25) is 5.02 Å². The molecule has 0 aliphatic heterocycles. The van der Waals surface area contributed by atoms with Crippen molar-refractivity contribution in [3.63, 3.8) is 0 Å². The Bertz CT molecular complexity index is 611. The summed E-state index contributed by atoms with van der Waals surface area (Å²) in [5.41, 5.74) is 9.52. The Hall–Kier alpha value is -1.87. The van der Waals surface area contributed by atoms with E-state index in [0.717, 1.165) is 22.7 Å². The molecule has 0 aromatic heterocycles. The van der Waals surface area contributed by atoms with E-state index in [2.05, 4.69) is 5.32 Å². The molecule has 0 radical (unpaired) electrons. The fourth-order valence-corrected chi connectivity index (χ4v) is 2.09. The van der Waals surface area contributed by atoms with Crippen LogP contribution in [0.4, 0.5) is 17.1 Å². The van der Waals surface area contributed by atoms with Crippen LogP contribution in [0, 0.1) is 6.92 Å². The van der Waals surface area contributed by atoms with Gasteiger partial charge in [0.05, 0.1) is 6.10 Å². The van der Waals surface area contributed by atoms with E-state index >= 15 is 0 Å². The second-order valence-electron chi connectivity index (χ2n) is 5.04. The quantitative estimate of drug-likeness (QED) is 0.798. The molecular weight excluding hydrogens is 272 g/mol. The molecule has 3 nitrogen and oxygen atoms in total. The van der Waals surface area contributed by atoms with Crippen molar-refractivity contribution in [2.24, 2.45) is 0 Å². The van der Waals surface area contributed by atoms with Gasteiger partial charge in [-0.3, -0.25) is 0 Å². The molecule has 0 bridgehead atoms. The van der Waals surface area contributed by atoms with Crippen molar-refractivity contribution < 1.29 is 4.74 Å². The van der Waals surface area contributed by atoms with E-state index in [1.807, 2.05) is 57.2 Å². The first kappa shape index (κ1) is 14.5. The van der Waals surface area contributed by atoms with E-state index in [1.165, 1.54) is 0 Å². The van der Waals surface area contributed by atoms with Crippen LogP contribution in [0.1, 0.15) is 19.4 Å². The zero-order valence-corrected chi connectivity index (χ0v) is 12.7. The predicted octanol–water partition coefficient (Wildman–Crippen LogP) is 4.76. The average Bonchev–Trinajstić information content (AvgIpc) is 2.32. The highest BCUT2D eigenvalue weighted by Gasteiger charge is 2.05. The van der Waals surface area contributed by atoms with Gasteiger partial charge in [0.25, 0.3) is 0 Å². The summed E-state index contributed by atoms with van der Waals surface area (Å²) in [5, 5.41) is 4.02. The van der Waals surface area contributed by atoms with E-state index < -0.39 is 0 Å². The van der Waals surface area contributed by atoms with Crippen LogP contribution in [0.5, 0.6) is 5.75 Å². The molecule has 2 rings (SSSR count). The van der Waals surface area contributed by atoms with E-state index in [9.17, 15) is 0 Å². The molecule has 0 fully saturated rings. The molecule has 0 unspecified atom stereocenters. The third-order valence-electron chi connectivity index (χ3n) is 2.78. The SMILES string of the molecule is Cc1ccc(Cl)cc1Nc1cc(N)cc(OC(C)C)c1. The molecule has 106 valence electrons. The van der Waals surface area contributed by atoms with Crippen molar-refractivity contribution in [3.8, 4) is 5.75 Å². The fraction of sp³-hybridized carbons (Fsp3) is 0.250. The maximum absolute atomic E-state index is 6.03. The van der Waals surface area contributed by atoms with Crippen LogP contribution in [-0.2, 0) is 0 Å². The highest BCUT2D eigenvalue weighted by Crippen LogP contribution is 2.28. The lowest BCUT2D eigenvalue weighted by Crippen LogP contribution is -2.06. The van der Waals surface area contributed by atoms with Crippen molar-refractivity contribution in [2.75, 3.05) is 11.1 Å². The lowest BCUT2D eigenvalue weighted by atomic mass is 10.2. The molecule has 0 aliphatic carbocycles. The number of halogens is 1. The zero-order valence-electron chi connectivity index (χ0n) is 11.9. The molecule has 0 saturated heterocycles. The van der Waals surface area contributed by atoms with Crippen molar-refractivity contribution in [3.05, 3.63) is 47.0 Å². The third kappa shape index (κ3) is 3.81. The molecule has 2 aromatic rings. The molecule has 0 aliphatic rings. The minimum atomic E-state index is 0.109. The van der Waals surface area contributed by atoms with Crippen molar-refractivity contribution in [1.29, 1.82) is 0 Å². The summed E-state index contributed by atoms with van der Waals surface area (Å²) in [7, 11) is 0. The number of rotatable bonds is 4. The number of nitrogens with two attached hydrogens (primary N) is 1. The second-order valence-corrected chi connectivity index (χ2v) is 5.48. The lowest BCUT2D eigenvalue weighted by molar-refractivity contribution is 0.242. The summed E-state index contributed by atoms with van der Waals surface area (Å²) < 4.78 is 5.68. The van der Waals surface area contributed by atoms with E-state index in [0.29, 0.717) is 10.7 Å². The number of nitrogens with one attached hydrogen (secondary N) is 1. The van der Waals surface area contributed by atoms with E-state index in [-0.39, 0.29) is 6.10 Å². The molecule has 20 heavy (non-hydrogen) atoms. The highest BCUT2D eigenvalue weighted by molar-refractivity contribution is 6.30. The predicted molar refractivity (Wildman–Crippen MR) is 86.1 cm³/mol. The Balaban J connectivity index is 2.28. The molecular formula is C16H19ClN2O. The number of nitrogen functional groups attached to an aromatic ring is 1. The van der Waals surface area contributed by atoms with Gasteiger partial charge in [0, 0.05) is 34.2 Å². The van der Waals surface area contributed by atoms with Crippen molar-refractivity contribution in [1.82, 2.24) is 0 Å². The van der Waals surface area contributed by atoms with Crippen LogP contribution in [0.3, 0.4) is 0 Å². The van der Waals surface area contributed by atoms with Gasteiger partial charge in [0.2, 0.25) is 0 Å². The van der Waals surface area contributed by atoms with Crippen LogP contribution in [0.15, 0.2) is 36.4 Å². The number of hydrogen-bond acceptors (Lipinski definition) is 3. The zero-order chi connectivity index (χ0) is 14.7. The van der Waals surface area contributed by atoms with Gasteiger partial charge in [-0.25, -0.2) is 0 Å². The van der Waals surface area contributed by atoms with Crippen molar-refractivity contribution in [2.45, 2.75) is 26.9 Å². The summed E-state index contributed by atoms with van der Waals surface area (Å²) in [6.45, 7) is 5.99. The molecule has 2 aromatic carbocycles.